The Balaban J connectivity index is 0.00000220. The molecule has 2 fully saturated rings. The minimum Gasteiger partial charge on any atom is -0.378 e. The zero-order chi connectivity index (χ0) is 14.5. The standard InChI is InChI=1S/C15H29N3O2.HI/c1-11(2)14-13(5-4-7-20-14)9-17-15(16)18-6-8-19-12(3)10-18;/h11-14H,4-10H2,1-3H3,(H2,16,17);1H. The van der Waals surface area contributed by atoms with Gasteiger partial charge in [0.25, 0.3) is 0 Å². The highest BCUT2D eigenvalue weighted by molar-refractivity contribution is 14.0. The number of hydrogen-bond donors (Lipinski definition) is 1. The lowest BCUT2D eigenvalue weighted by atomic mass is 9.87. The van der Waals surface area contributed by atoms with E-state index < -0.39 is 0 Å². The van der Waals surface area contributed by atoms with Crippen LogP contribution in [0.3, 0.4) is 0 Å². The third-order valence-electron chi connectivity index (χ3n) is 4.20. The van der Waals surface area contributed by atoms with Gasteiger partial charge in [-0.2, -0.15) is 0 Å². The minimum absolute atomic E-state index is 0. The topological polar surface area (TPSA) is 60.1 Å². The monoisotopic (exact) mass is 411 g/mol. The molecule has 5 nitrogen and oxygen atoms in total. The highest BCUT2D eigenvalue weighted by Gasteiger charge is 2.28. The van der Waals surface area contributed by atoms with Crippen molar-refractivity contribution in [2.45, 2.75) is 45.8 Å². The van der Waals surface area contributed by atoms with E-state index in [1.165, 1.54) is 6.42 Å². The maximum absolute atomic E-state index is 6.13. The summed E-state index contributed by atoms with van der Waals surface area (Å²) < 4.78 is 11.4. The van der Waals surface area contributed by atoms with Gasteiger partial charge in [0.2, 0.25) is 0 Å². The first-order valence-corrected chi connectivity index (χ1v) is 7.86. The number of ether oxygens (including phenoxy) is 2. The molecule has 2 rings (SSSR count). The fourth-order valence-corrected chi connectivity index (χ4v) is 3.13. The van der Waals surface area contributed by atoms with Gasteiger partial charge >= 0.3 is 0 Å². The Kier molecular flexibility index (Phi) is 8.26. The summed E-state index contributed by atoms with van der Waals surface area (Å²) in [5.41, 5.74) is 6.13. The fourth-order valence-electron chi connectivity index (χ4n) is 3.13. The van der Waals surface area contributed by atoms with Crippen LogP contribution in [0, 0.1) is 11.8 Å². The molecule has 0 aromatic carbocycles. The minimum atomic E-state index is 0. The van der Waals surface area contributed by atoms with Crippen molar-refractivity contribution in [3.63, 3.8) is 0 Å². The highest BCUT2D eigenvalue weighted by atomic mass is 127. The van der Waals surface area contributed by atoms with Gasteiger partial charge in [0.1, 0.15) is 0 Å². The average Bonchev–Trinajstić information content (AvgIpc) is 2.45. The van der Waals surface area contributed by atoms with E-state index in [1.54, 1.807) is 0 Å². The van der Waals surface area contributed by atoms with E-state index in [2.05, 4.69) is 30.7 Å². The maximum Gasteiger partial charge on any atom is 0.191 e. The summed E-state index contributed by atoms with van der Waals surface area (Å²) in [5.74, 6) is 1.70. The number of rotatable bonds is 3. The summed E-state index contributed by atoms with van der Waals surface area (Å²) in [6.07, 6.45) is 2.89. The average molecular weight is 411 g/mol. The van der Waals surface area contributed by atoms with Gasteiger partial charge in [-0.05, 0) is 25.7 Å². The third-order valence-corrected chi connectivity index (χ3v) is 4.20. The first-order chi connectivity index (χ1) is 9.58. The van der Waals surface area contributed by atoms with Crippen molar-refractivity contribution >= 4 is 29.9 Å². The molecule has 2 heterocycles. The van der Waals surface area contributed by atoms with Crippen LogP contribution in [0.2, 0.25) is 0 Å². The molecule has 21 heavy (non-hydrogen) atoms. The normalized spacial score (nSPS) is 31.1. The van der Waals surface area contributed by atoms with E-state index in [4.69, 9.17) is 15.2 Å². The van der Waals surface area contributed by atoms with Crippen LogP contribution < -0.4 is 5.73 Å². The van der Waals surface area contributed by atoms with E-state index in [1.807, 2.05) is 0 Å². The molecule has 0 aromatic heterocycles. The van der Waals surface area contributed by atoms with Crippen molar-refractivity contribution in [3.8, 4) is 0 Å². The second-order valence-electron chi connectivity index (χ2n) is 6.31. The van der Waals surface area contributed by atoms with Gasteiger partial charge in [0.05, 0.1) is 18.8 Å². The Hall–Kier alpha value is -0.0800. The molecule has 6 heteroatoms. The number of aliphatic imine (C=N–C) groups is 1. The third kappa shape index (κ3) is 5.56. The summed E-state index contributed by atoms with van der Waals surface area (Å²) in [7, 11) is 0. The smallest absolute Gasteiger partial charge is 0.191 e. The molecular formula is C15H30IN3O2. The lowest BCUT2D eigenvalue weighted by molar-refractivity contribution is -0.0492. The van der Waals surface area contributed by atoms with E-state index in [-0.39, 0.29) is 30.1 Å². The van der Waals surface area contributed by atoms with Gasteiger partial charge in [-0.1, -0.05) is 13.8 Å². The van der Waals surface area contributed by atoms with Crippen LogP contribution in [0.4, 0.5) is 0 Å². The van der Waals surface area contributed by atoms with E-state index in [0.29, 0.717) is 23.9 Å². The van der Waals surface area contributed by atoms with Crippen LogP contribution in [0.25, 0.3) is 0 Å². The van der Waals surface area contributed by atoms with E-state index >= 15 is 0 Å². The van der Waals surface area contributed by atoms with E-state index in [9.17, 15) is 0 Å². The molecule has 0 bridgehead atoms. The van der Waals surface area contributed by atoms with Crippen molar-refractivity contribution in [1.82, 2.24) is 4.90 Å². The Morgan fingerprint density at radius 2 is 2.10 bits per heavy atom. The summed E-state index contributed by atoms with van der Waals surface area (Å²) in [6, 6.07) is 0. The molecule has 0 amide bonds. The van der Waals surface area contributed by atoms with Gasteiger partial charge in [0, 0.05) is 32.2 Å². The molecular weight excluding hydrogens is 381 g/mol. The van der Waals surface area contributed by atoms with Crippen LogP contribution in [-0.4, -0.2) is 55.9 Å². The summed E-state index contributed by atoms with van der Waals surface area (Å²) in [4.78, 5) is 6.75. The summed E-state index contributed by atoms with van der Waals surface area (Å²) in [6.45, 7) is 10.6. The number of guanidine groups is 1. The molecule has 2 aliphatic heterocycles. The molecule has 0 radical (unpaired) electrons. The van der Waals surface area contributed by atoms with Gasteiger partial charge < -0.3 is 20.1 Å². The molecule has 2 N–H and O–H groups in total. The highest BCUT2D eigenvalue weighted by Crippen LogP contribution is 2.26. The van der Waals surface area contributed by atoms with E-state index in [0.717, 1.165) is 39.3 Å². The zero-order valence-electron chi connectivity index (χ0n) is 13.5. The lowest BCUT2D eigenvalue weighted by Crippen LogP contribution is -2.48. The lowest BCUT2D eigenvalue weighted by Gasteiger charge is -2.35. The number of morpholine rings is 1. The second-order valence-corrected chi connectivity index (χ2v) is 6.31. The number of halogens is 1. The Morgan fingerprint density at radius 3 is 2.76 bits per heavy atom. The first-order valence-electron chi connectivity index (χ1n) is 7.86. The SMILES string of the molecule is CC1CN(C(N)=NCC2CCCOC2C(C)C)CCO1.I. The second kappa shape index (κ2) is 9.15. The Bertz CT molecular complexity index is 339. The number of nitrogens with zero attached hydrogens (tertiary/aromatic N) is 2. The molecule has 2 aliphatic rings. The van der Waals surface area contributed by atoms with Crippen molar-refractivity contribution in [2.75, 3.05) is 32.8 Å². The molecule has 0 aromatic rings. The summed E-state index contributed by atoms with van der Waals surface area (Å²) in [5, 5.41) is 0. The molecule has 0 saturated carbocycles. The molecule has 3 unspecified atom stereocenters. The van der Waals surface area contributed by atoms with Gasteiger partial charge in [-0.3, -0.25) is 4.99 Å². The van der Waals surface area contributed by atoms with Crippen molar-refractivity contribution in [1.29, 1.82) is 0 Å². The van der Waals surface area contributed by atoms with Gasteiger partial charge in [-0.25, -0.2) is 0 Å². The fraction of sp³-hybridized carbons (Fsp3) is 0.933. The molecule has 2 saturated heterocycles. The molecule has 124 valence electrons. The zero-order valence-corrected chi connectivity index (χ0v) is 15.8. The van der Waals surface area contributed by atoms with Crippen molar-refractivity contribution < 1.29 is 9.47 Å². The van der Waals surface area contributed by atoms with Crippen LogP contribution in [-0.2, 0) is 9.47 Å². The quantitative estimate of drug-likeness (QED) is 0.439. The Labute approximate surface area is 145 Å². The number of hydrogen-bond acceptors (Lipinski definition) is 3. The maximum atomic E-state index is 6.13. The van der Waals surface area contributed by atoms with Crippen LogP contribution >= 0.6 is 24.0 Å². The Morgan fingerprint density at radius 1 is 1.33 bits per heavy atom. The molecule has 0 spiro atoms. The van der Waals surface area contributed by atoms with Gasteiger partial charge in [-0.15, -0.1) is 24.0 Å². The van der Waals surface area contributed by atoms with Crippen molar-refractivity contribution in [3.05, 3.63) is 0 Å². The largest absolute Gasteiger partial charge is 0.378 e. The predicted molar refractivity (Wildman–Crippen MR) is 96.2 cm³/mol. The predicted octanol–water partition coefficient (Wildman–Crippen LogP) is 2.09. The molecule has 0 aliphatic carbocycles. The summed E-state index contributed by atoms with van der Waals surface area (Å²) >= 11 is 0. The molecule has 3 atom stereocenters. The van der Waals surface area contributed by atoms with Crippen LogP contribution in [0.5, 0.6) is 0 Å². The first kappa shape index (κ1) is 19.0. The number of nitrogens with two attached hydrogens (primary N) is 1. The van der Waals surface area contributed by atoms with Crippen LogP contribution in [0.1, 0.15) is 33.6 Å². The van der Waals surface area contributed by atoms with Gasteiger partial charge in [0.15, 0.2) is 5.96 Å². The van der Waals surface area contributed by atoms with Crippen molar-refractivity contribution in [2.24, 2.45) is 22.6 Å². The van der Waals surface area contributed by atoms with Crippen LogP contribution in [0.15, 0.2) is 4.99 Å².